The number of nitrogens with one attached hydrogen (secondary N) is 1. The fraction of sp³-hybridized carbons (Fsp3) is 0.231. The van der Waals surface area contributed by atoms with Crippen LogP contribution in [-0.2, 0) is 16.0 Å². The second-order valence-corrected chi connectivity index (χ2v) is 5.11. The zero-order valence-electron chi connectivity index (χ0n) is 10.4. The van der Waals surface area contributed by atoms with Gasteiger partial charge in [-0.3, -0.25) is 0 Å². The van der Waals surface area contributed by atoms with Gasteiger partial charge in [-0.2, -0.15) is 0 Å². The normalized spacial score (nSPS) is 11.5. The highest BCUT2D eigenvalue weighted by Gasteiger charge is 2.22. The Morgan fingerprint density at radius 3 is 2.85 bits per heavy atom. The minimum atomic E-state index is -1.26. The predicted octanol–water partition coefficient (Wildman–Crippen LogP) is 2.34. The van der Waals surface area contributed by atoms with Crippen LogP contribution in [-0.4, -0.2) is 29.8 Å². The average Bonchev–Trinajstić information content (AvgIpc) is 2.39. The molecule has 1 aromatic carbocycles. The molecule has 0 bridgehead atoms. The zero-order chi connectivity index (χ0) is 15.1. The first-order chi connectivity index (χ1) is 9.43. The molecule has 1 unspecified atom stereocenters. The van der Waals surface area contributed by atoms with Gasteiger partial charge in [-0.25, -0.2) is 14.0 Å². The summed E-state index contributed by atoms with van der Waals surface area (Å²) in [5.74, 6) is -1.78. The fourth-order valence-corrected chi connectivity index (χ4v) is 1.99. The molecule has 0 aliphatic rings. The molecule has 108 valence electrons. The third kappa shape index (κ3) is 5.16. The van der Waals surface area contributed by atoms with Crippen molar-refractivity contribution in [3.8, 4) is 0 Å². The monoisotopic (exact) mass is 393 g/mol. The van der Waals surface area contributed by atoms with Crippen LogP contribution in [0.5, 0.6) is 0 Å². The number of amides is 1. The lowest BCUT2D eigenvalue weighted by molar-refractivity contribution is -0.139. The van der Waals surface area contributed by atoms with Crippen LogP contribution in [0.15, 0.2) is 30.9 Å². The maximum absolute atomic E-state index is 13.6. The van der Waals surface area contributed by atoms with E-state index in [0.717, 1.165) is 3.57 Å². The average molecular weight is 393 g/mol. The molecule has 0 saturated heterocycles. The van der Waals surface area contributed by atoms with Crippen molar-refractivity contribution in [1.82, 2.24) is 5.32 Å². The molecule has 0 radical (unpaired) electrons. The highest BCUT2D eigenvalue weighted by atomic mass is 127. The molecule has 1 aromatic rings. The van der Waals surface area contributed by atoms with Gasteiger partial charge in [-0.15, -0.1) is 0 Å². The Kier molecular flexibility index (Phi) is 6.43. The second kappa shape index (κ2) is 7.83. The van der Waals surface area contributed by atoms with E-state index in [2.05, 4.69) is 16.6 Å². The Balaban J connectivity index is 2.77. The lowest BCUT2D eigenvalue weighted by Crippen LogP contribution is -2.42. The third-order valence-electron chi connectivity index (χ3n) is 2.35. The molecule has 1 rings (SSSR count). The van der Waals surface area contributed by atoms with Gasteiger partial charge >= 0.3 is 12.1 Å². The van der Waals surface area contributed by atoms with Crippen molar-refractivity contribution in [3.05, 3.63) is 45.8 Å². The molecule has 0 heterocycles. The number of hydrogen-bond acceptors (Lipinski definition) is 3. The second-order valence-electron chi connectivity index (χ2n) is 3.86. The van der Waals surface area contributed by atoms with Gasteiger partial charge < -0.3 is 15.2 Å². The molecule has 0 saturated carbocycles. The number of aliphatic carboxylic acids is 1. The van der Waals surface area contributed by atoms with E-state index in [1.807, 2.05) is 22.6 Å². The van der Waals surface area contributed by atoms with Crippen LogP contribution in [0.4, 0.5) is 9.18 Å². The number of hydrogen-bond donors (Lipinski definition) is 2. The van der Waals surface area contributed by atoms with Crippen LogP contribution >= 0.6 is 22.6 Å². The first kappa shape index (κ1) is 16.4. The molecule has 7 heteroatoms. The Morgan fingerprint density at radius 1 is 1.55 bits per heavy atom. The Hall–Kier alpha value is -1.64. The quantitative estimate of drug-likeness (QED) is 0.575. The minimum Gasteiger partial charge on any atom is -0.480 e. The van der Waals surface area contributed by atoms with E-state index in [-0.39, 0.29) is 18.6 Å². The van der Waals surface area contributed by atoms with E-state index in [0.29, 0.717) is 0 Å². The van der Waals surface area contributed by atoms with Crippen LogP contribution in [0.25, 0.3) is 0 Å². The maximum atomic E-state index is 13.6. The number of carbonyl (C=O) groups excluding carboxylic acids is 1. The number of benzene rings is 1. The molecule has 0 aliphatic carbocycles. The molecule has 0 spiro atoms. The van der Waals surface area contributed by atoms with Crippen molar-refractivity contribution in [1.29, 1.82) is 0 Å². The number of rotatable bonds is 6. The molecule has 20 heavy (non-hydrogen) atoms. The summed E-state index contributed by atoms with van der Waals surface area (Å²) in [6.45, 7) is 3.33. The Morgan fingerprint density at radius 2 is 2.25 bits per heavy atom. The van der Waals surface area contributed by atoms with Crippen molar-refractivity contribution in [3.63, 3.8) is 0 Å². The number of carboxylic acid groups (broad SMARTS) is 1. The van der Waals surface area contributed by atoms with Crippen LogP contribution in [0.2, 0.25) is 0 Å². The smallest absolute Gasteiger partial charge is 0.408 e. The van der Waals surface area contributed by atoms with Gasteiger partial charge in [0.05, 0.1) is 0 Å². The SMILES string of the molecule is C=CCOC(=O)NC(Cc1cc(I)ccc1F)C(=O)O. The summed E-state index contributed by atoms with van der Waals surface area (Å²) < 4.78 is 19.0. The molecular formula is C13H13FINO4. The van der Waals surface area contributed by atoms with Gasteiger partial charge in [0.1, 0.15) is 18.5 Å². The van der Waals surface area contributed by atoms with Gasteiger partial charge in [-0.05, 0) is 46.4 Å². The Bertz CT molecular complexity index is 521. The van der Waals surface area contributed by atoms with Gasteiger partial charge in [0.15, 0.2) is 0 Å². The fourth-order valence-electron chi connectivity index (χ4n) is 1.44. The summed E-state index contributed by atoms with van der Waals surface area (Å²) in [6.07, 6.45) is 0.304. The number of ether oxygens (including phenoxy) is 1. The topological polar surface area (TPSA) is 75.6 Å². The van der Waals surface area contributed by atoms with Crippen molar-refractivity contribution >= 4 is 34.7 Å². The summed E-state index contributed by atoms with van der Waals surface area (Å²) in [5.41, 5.74) is 0.216. The van der Waals surface area contributed by atoms with Gasteiger partial charge in [-0.1, -0.05) is 12.7 Å². The van der Waals surface area contributed by atoms with Crippen molar-refractivity contribution < 1.29 is 23.8 Å². The van der Waals surface area contributed by atoms with Crippen LogP contribution < -0.4 is 5.32 Å². The summed E-state index contributed by atoms with van der Waals surface area (Å²) in [6, 6.07) is 3.09. The number of carbonyl (C=O) groups is 2. The highest BCUT2D eigenvalue weighted by Crippen LogP contribution is 2.14. The first-order valence-corrected chi connectivity index (χ1v) is 6.73. The third-order valence-corrected chi connectivity index (χ3v) is 3.03. The van der Waals surface area contributed by atoms with E-state index in [1.165, 1.54) is 18.2 Å². The van der Waals surface area contributed by atoms with E-state index < -0.39 is 23.9 Å². The lowest BCUT2D eigenvalue weighted by atomic mass is 10.1. The standard InChI is InChI=1S/C13H13FINO4/c1-2-5-20-13(19)16-11(12(17)18)7-8-6-9(15)3-4-10(8)14/h2-4,6,11H,1,5,7H2,(H,16,19)(H,17,18). The zero-order valence-corrected chi connectivity index (χ0v) is 12.6. The molecule has 1 atom stereocenters. The lowest BCUT2D eigenvalue weighted by Gasteiger charge is -2.14. The first-order valence-electron chi connectivity index (χ1n) is 5.65. The highest BCUT2D eigenvalue weighted by molar-refractivity contribution is 14.1. The van der Waals surface area contributed by atoms with Crippen molar-refractivity contribution in [2.45, 2.75) is 12.5 Å². The molecule has 0 aliphatic heterocycles. The van der Waals surface area contributed by atoms with Crippen LogP contribution in [0.3, 0.4) is 0 Å². The summed E-state index contributed by atoms with van der Waals surface area (Å²) >= 11 is 1.99. The molecule has 1 amide bonds. The molecule has 0 aromatic heterocycles. The number of carboxylic acids is 1. The predicted molar refractivity (Wildman–Crippen MR) is 78.9 cm³/mol. The van der Waals surface area contributed by atoms with Crippen LogP contribution in [0.1, 0.15) is 5.56 Å². The van der Waals surface area contributed by atoms with Crippen LogP contribution in [0, 0.1) is 9.39 Å². The van der Waals surface area contributed by atoms with Gasteiger partial charge in [0.2, 0.25) is 0 Å². The van der Waals surface area contributed by atoms with E-state index in [4.69, 9.17) is 5.11 Å². The van der Waals surface area contributed by atoms with Crippen molar-refractivity contribution in [2.75, 3.05) is 6.61 Å². The summed E-state index contributed by atoms with van der Waals surface area (Å²) in [5, 5.41) is 11.2. The number of halogens is 2. The van der Waals surface area contributed by atoms with Crippen molar-refractivity contribution in [2.24, 2.45) is 0 Å². The number of alkyl carbamates (subject to hydrolysis) is 1. The Labute approximate surface area is 129 Å². The van der Waals surface area contributed by atoms with E-state index in [1.54, 1.807) is 6.07 Å². The minimum absolute atomic E-state index is 0.0320. The molecule has 2 N–H and O–H groups in total. The summed E-state index contributed by atoms with van der Waals surface area (Å²) in [7, 11) is 0. The largest absolute Gasteiger partial charge is 0.480 e. The molecule has 5 nitrogen and oxygen atoms in total. The molecular weight excluding hydrogens is 380 g/mol. The van der Waals surface area contributed by atoms with E-state index >= 15 is 0 Å². The summed E-state index contributed by atoms with van der Waals surface area (Å²) in [4.78, 5) is 22.4. The maximum Gasteiger partial charge on any atom is 0.408 e. The van der Waals surface area contributed by atoms with Gasteiger partial charge in [0, 0.05) is 9.99 Å². The molecule has 0 fully saturated rings. The van der Waals surface area contributed by atoms with E-state index in [9.17, 15) is 14.0 Å². The van der Waals surface area contributed by atoms with Gasteiger partial charge in [0.25, 0.3) is 0 Å².